The summed E-state index contributed by atoms with van der Waals surface area (Å²) in [6, 6.07) is 12.1. The van der Waals surface area contributed by atoms with Crippen molar-refractivity contribution >= 4 is 28.4 Å². The number of aromatic nitrogens is 1. The summed E-state index contributed by atoms with van der Waals surface area (Å²) in [6.45, 7) is 5.71. The van der Waals surface area contributed by atoms with E-state index in [2.05, 4.69) is 4.98 Å². The standard InChI is InChI=1S/C28H33N3O5/c1-5-35-18-12-13-20(23(16-18)36-6-2)26(32)24-25(21-17-29-22-11-8-7-10-19(21)22)31(28(34)27(24)33)15-9-14-30(3)4/h7-8,10-13,16-17,25,29,32H,5-6,9,14-15H2,1-4H3/b26-24+. The third-order valence-corrected chi connectivity index (χ3v) is 6.28. The molecule has 1 fully saturated rings. The highest BCUT2D eigenvalue weighted by Gasteiger charge is 2.46. The molecule has 190 valence electrons. The minimum atomic E-state index is -0.732. The monoisotopic (exact) mass is 491 g/mol. The number of amides is 1. The van der Waals surface area contributed by atoms with Crippen LogP contribution in [0.25, 0.3) is 16.7 Å². The third kappa shape index (κ3) is 4.81. The van der Waals surface area contributed by atoms with E-state index < -0.39 is 17.7 Å². The van der Waals surface area contributed by atoms with Crippen molar-refractivity contribution in [1.82, 2.24) is 14.8 Å². The number of para-hydroxylation sites is 1. The molecular weight excluding hydrogens is 458 g/mol. The van der Waals surface area contributed by atoms with Crippen LogP contribution in [0.2, 0.25) is 0 Å². The molecule has 1 aromatic heterocycles. The molecule has 36 heavy (non-hydrogen) atoms. The van der Waals surface area contributed by atoms with Gasteiger partial charge in [-0.2, -0.15) is 0 Å². The van der Waals surface area contributed by atoms with E-state index in [1.54, 1.807) is 23.1 Å². The molecule has 0 saturated carbocycles. The predicted molar refractivity (Wildman–Crippen MR) is 139 cm³/mol. The van der Waals surface area contributed by atoms with E-state index in [4.69, 9.17) is 9.47 Å². The quantitative estimate of drug-likeness (QED) is 0.249. The van der Waals surface area contributed by atoms with Crippen molar-refractivity contribution in [3.63, 3.8) is 0 Å². The fraction of sp³-hybridized carbons (Fsp3) is 0.357. The summed E-state index contributed by atoms with van der Waals surface area (Å²) in [5.74, 6) is -0.601. The van der Waals surface area contributed by atoms with Crippen LogP contribution in [0.4, 0.5) is 0 Å². The van der Waals surface area contributed by atoms with Crippen molar-refractivity contribution in [1.29, 1.82) is 0 Å². The number of rotatable bonds is 10. The van der Waals surface area contributed by atoms with Gasteiger partial charge in [0.2, 0.25) is 0 Å². The number of carbonyl (C=O) groups excluding carboxylic acids is 2. The van der Waals surface area contributed by atoms with Gasteiger partial charge in [-0.15, -0.1) is 0 Å². The van der Waals surface area contributed by atoms with Gasteiger partial charge in [-0.05, 0) is 59.1 Å². The Morgan fingerprint density at radius 3 is 2.56 bits per heavy atom. The van der Waals surface area contributed by atoms with Crippen LogP contribution in [0.1, 0.15) is 37.4 Å². The van der Waals surface area contributed by atoms with Crippen LogP contribution in [-0.4, -0.2) is 72.0 Å². The number of aliphatic hydroxyl groups is 1. The Kier molecular flexibility index (Phi) is 7.64. The normalized spacial score (nSPS) is 17.4. The van der Waals surface area contributed by atoms with Gasteiger partial charge in [0.1, 0.15) is 17.3 Å². The number of carbonyl (C=O) groups is 2. The number of nitrogens with one attached hydrogen (secondary N) is 1. The van der Waals surface area contributed by atoms with Crippen molar-refractivity contribution in [3.8, 4) is 11.5 Å². The number of aliphatic hydroxyl groups excluding tert-OH is 1. The molecule has 1 saturated heterocycles. The number of hydrogen-bond donors (Lipinski definition) is 2. The summed E-state index contributed by atoms with van der Waals surface area (Å²) in [4.78, 5) is 33.5. The number of ether oxygens (including phenoxy) is 2. The Morgan fingerprint density at radius 1 is 1.08 bits per heavy atom. The molecule has 2 heterocycles. The zero-order valence-corrected chi connectivity index (χ0v) is 21.2. The average molecular weight is 492 g/mol. The molecular formula is C28H33N3O5. The van der Waals surface area contributed by atoms with Gasteiger partial charge in [0.05, 0.1) is 30.4 Å². The maximum absolute atomic E-state index is 13.4. The molecule has 2 N–H and O–H groups in total. The Balaban J connectivity index is 1.88. The molecule has 3 aromatic rings. The highest BCUT2D eigenvalue weighted by atomic mass is 16.5. The summed E-state index contributed by atoms with van der Waals surface area (Å²) in [7, 11) is 3.93. The third-order valence-electron chi connectivity index (χ3n) is 6.28. The Morgan fingerprint density at radius 2 is 1.83 bits per heavy atom. The first kappa shape index (κ1) is 25.3. The molecule has 0 spiro atoms. The molecule has 0 bridgehead atoms. The average Bonchev–Trinajstić information content (AvgIpc) is 3.38. The van der Waals surface area contributed by atoms with Gasteiger partial charge < -0.3 is 29.4 Å². The fourth-order valence-corrected chi connectivity index (χ4v) is 4.69. The number of benzene rings is 2. The van der Waals surface area contributed by atoms with E-state index >= 15 is 0 Å². The van der Waals surface area contributed by atoms with Gasteiger partial charge in [-0.1, -0.05) is 18.2 Å². The molecule has 1 aliphatic rings. The van der Waals surface area contributed by atoms with E-state index in [1.807, 2.05) is 63.3 Å². The highest BCUT2D eigenvalue weighted by Crippen LogP contribution is 2.43. The summed E-state index contributed by atoms with van der Waals surface area (Å²) < 4.78 is 11.4. The highest BCUT2D eigenvalue weighted by molar-refractivity contribution is 6.46. The number of aromatic amines is 1. The summed E-state index contributed by atoms with van der Waals surface area (Å²) in [5, 5.41) is 12.4. The van der Waals surface area contributed by atoms with Crippen molar-refractivity contribution < 1.29 is 24.2 Å². The fourth-order valence-electron chi connectivity index (χ4n) is 4.69. The second-order valence-electron chi connectivity index (χ2n) is 8.96. The number of likely N-dealkylation sites (tertiary alicyclic amines) is 1. The first-order valence-corrected chi connectivity index (χ1v) is 12.3. The summed E-state index contributed by atoms with van der Waals surface area (Å²) in [5.41, 5.74) is 2.05. The molecule has 2 aromatic carbocycles. The molecule has 1 atom stereocenters. The van der Waals surface area contributed by atoms with Crippen LogP contribution in [0.5, 0.6) is 11.5 Å². The smallest absolute Gasteiger partial charge is 0.295 e. The topological polar surface area (TPSA) is 95.1 Å². The van der Waals surface area contributed by atoms with Gasteiger partial charge in [-0.25, -0.2) is 0 Å². The van der Waals surface area contributed by atoms with E-state index in [1.165, 1.54) is 0 Å². The minimum absolute atomic E-state index is 0.0553. The van der Waals surface area contributed by atoms with Gasteiger partial charge in [0.25, 0.3) is 11.7 Å². The zero-order chi connectivity index (χ0) is 25.8. The number of nitrogens with zero attached hydrogens (tertiary/aromatic N) is 2. The zero-order valence-electron chi connectivity index (χ0n) is 21.2. The van der Waals surface area contributed by atoms with Gasteiger partial charge in [-0.3, -0.25) is 9.59 Å². The lowest BCUT2D eigenvalue weighted by molar-refractivity contribution is -0.139. The molecule has 8 heteroatoms. The first-order valence-electron chi connectivity index (χ1n) is 12.3. The Hall–Kier alpha value is -3.78. The van der Waals surface area contributed by atoms with Gasteiger partial charge in [0, 0.05) is 35.3 Å². The molecule has 8 nitrogen and oxygen atoms in total. The number of Topliss-reactive ketones (excluding diaryl/α,β-unsaturated/α-hetero) is 1. The van der Waals surface area contributed by atoms with Crippen LogP contribution in [0.15, 0.2) is 54.2 Å². The summed E-state index contributed by atoms with van der Waals surface area (Å²) >= 11 is 0. The lowest BCUT2D eigenvalue weighted by Gasteiger charge is -2.25. The van der Waals surface area contributed by atoms with Crippen molar-refractivity contribution in [2.24, 2.45) is 0 Å². The van der Waals surface area contributed by atoms with Crippen LogP contribution in [0, 0.1) is 0 Å². The second kappa shape index (κ2) is 10.9. The molecule has 1 aliphatic heterocycles. The van der Waals surface area contributed by atoms with E-state index in [0.717, 1.165) is 23.0 Å². The number of fused-ring (bicyclic) bond motifs is 1. The minimum Gasteiger partial charge on any atom is -0.507 e. The molecule has 4 rings (SSSR count). The maximum atomic E-state index is 13.4. The van der Waals surface area contributed by atoms with Crippen LogP contribution >= 0.6 is 0 Å². The summed E-state index contributed by atoms with van der Waals surface area (Å²) in [6.07, 6.45) is 2.50. The largest absolute Gasteiger partial charge is 0.507 e. The van der Waals surface area contributed by atoms with E-state index in [-0.39, 0.29) is 11.3 Å². The van der Waals surface area contributed by atoms with Crippen LogP contribution in [0.3, 0.4) is 0 Å². The maximum Gasteiger partial charge on any atom is 0.295 e. The number of H-pyrrole nitrogens is 1. The van der Waals surface area contributed by atoms with Crippen molar-refractivity contribution in [2.75, 3.05) is 40.4 Å². The second-order valence-corrected chi connectivity index (χ2v) is 8.96. The predicted octanol–water partition coefficient (Wildman–Crippen LogP) is 4.34. The van der Waals surface area contributed by atoms with E-state index in [9.17, 15) is 14.7 Å². The number of ketones is 1. The lowest BCUT2D eigenvalue weighted by atomic mass is 9.94. The van der Waals surface area contributed by atoms with Crippen LogP contribution in [-0.2, 0) is 9.59 Å². The molecule has 1 amide bonds. The first-order chi connectivity index (χ1) is 17.4. The van der Waals surface area contributed by atoms with E-state index in [0.29, 0.717) is 43.2 Å². The molecule has 0 radical (unpaired) electrons. The molecule has 1 unspecified atom stereocenters. The number of hydrogen-bond acceptors (Lipinski definition) is 6. The van der Waals surface area contributed by atoms with Gasteiger partial charge in [0.15, 0.2) is 0 Å². The molecule has 0 aliphatic carbocycles. The van der Waals surface area contributed by atoms with Crippen LogP contribution < -0.4 is 9.47 Å². The van der Waals surface area contributed by atoms with Crippen molar-refractivity contribution in [3.05, 3.63) is 65.4 Å². The SMILES string of the molecule is CCOc1ccc(/C(O)=C2\C(=O)C(=O)N(CCCN(C)C)C2c2c[nH]c3ccccc23)c(OCC)c1. The van der Waals surface area contributed by atoms with Gasteiger partial charge >= 0.3 is 0 Å². The Bertz CT molecular complexity index is 1290. The lowest BCUT2D eigenvalue weighted by Crippen LogP contribution is -2.32. The van der Waals surface area contributed by atoms with Crippen molar-refractivity contribution in [2.45, 2.75) is 26.3 Å². The Labute approximate surface area is 211 Å².